The van der Waals surface area contributed by atoms with Crippen LogP contribution in [0.2, 0.25) is 6.82 Å². The number of nitrogens with one attached hydrogen (secondary N) is 1. The fourth-order valence-electron chi connectivity index (χ4n) is 4.96. The van der Waals surface area contributed by atoms with Crippen molar-refractivity contribution in [3.05, 3.63) is 54.2 Å². The van der Waals surface area contributed by atoms with Gasteiger partial charge in [0.1, 0.15) is 6.10 Å². The van der Waals surface area contributed by atoms with Crippen LogP contribution in [0.1, 0.15) is 25.8 Å². The molecule has 1 aromatic carbocycles. The summed E-state index contributed by atoms with van der Waals surface area (Å²) in [4.78, 5) is 17.0. The second-order valence-corrected chi connectivity index (χ2v) is 12.7. The highest BCUT2D eigenvalue weighted by Gasteiger charge is 2.44. The number of alkyl carbamates (subject to hydrolysis) is 1. The first-order valence-electron chi connectivity index (χ1n) is 13.6. The summed E-state index contributed by atoms with van der Waals surface area (Å²) in [5.74, 6) is -0.0872. The van der Waals surface area contributed by atoms with Gasteiger partial charge in [-0.2, -0.15) is 4.31 Å². The highest BCUT2D eigenvalue weighted by Crippen LogP contribution is 2.33. The minimum absolute atomic E-state index is 0.0392. The highest BCUT2D eigenvalue weighted by atomic mass is 32.2. The van der Waals surface area contributed by atoms with Crippen molar-refractivity contribution in [2.75, 3.05) is 26.3 Å². The normalized spacial score (nSPS) is 22.2. The Kier molecular flexibility index (Phi) is 10.2. The molecule has 218 valence electrons. The molecule has 2 aromatic rings. The van der Waals surface area contributed by atoms with E-state index in [1.54, 1.807) is 6.82 Å². The molecule has 4 rings (SSSR count). The quantitative estimate of drug-likeness (QED) is 0.316. The lowest BCUT2D eigenvalue weighted by molar-refractivity contribution is -0.0907. The van der Waals surface area contributed by atoms with Crippen molar-refractivity contribution in [3.63, 3.8) is 0 Å². The zero-order valence-electron chi connectivity index (χ0n) is 23.0. The molecule has 3 N–H and O–H groups in total. The maximum atomic E-state index is 13.6. The Balaban J connectivity index is 1.51. The van der Waals surface area contributed by atoms with Gasteiger partial charge in [0, 0.05) is 19.3 Å². The van der Waals surface area contributed by atoms with Gasteiger partial charge in [-0.25, -0.2) is 18.2 Å². The number of aliphatic hydroxyl groups excluding tert-OH is 1. The van der Waals surface area contributed by atoms with Crippen LogP contribution >= 0.6 is 0 Å². The fraction of sp³-hybridized carbons (Fsp3) is 0.556. The minimum Gasteiger partial charge on any atom is -0.446 e. The van der Waals surface area contributed by atoms with Crippen molar-refractivity contribution < 1.29 is 37.6 Å². The van der Waals surface area contributed by atoms with E-state index in [1.807, 2.05) is 44.2 Å². The van der Waals surface area contributed by atoms with Gasteiger partial charge in [0.25, 0.3) is 10.0 Å². The number of sulfonamides is 1. The van der Waals surface area contributed by atoms with Crippen LogP contribution in [0, 0.1) is 11.8 Å². The first-order chi connectivity index (χ1) is 19.0. The molecule has 2 aliphatic rings. The molecule has 1 aromatic heterocycles. The number of hydrogen-bond acceptors (Lipinski definition) is 9. The Morgan fingerprint density at radius 1 is 1.20 bits per heavy atom. The van der Waals surface area contributed by atoms with Crippen molar-refractivity contribution in [1.82, 2.24) is 14.6 Å². The van der Waals surface area contributed by atoms with Crippen LogP contribution in [0.5, 0.6) is 0 Å². The number of nitrogens with zero attached hydrogens (tertiary/aromatic N) is 2. The molecule has 5 atom stereocenters. The molecule has 1 unspecified atom stereocenters. The topological polar surface area (TPSA) is 148 Å². The molecule has 0 radical (unpaired) electrons. The van der Waals surface area contributed by atoms with Gasteiger partial charge in [-0.05, 0) is 35.9 Å². The maximum absolute atomic E-state index is 13.6. The number of aromatic nitrogens is 1. The van der Waals surface area contributed by atoms with Gasteiger partial charge in [0.15, 0.2) is 11.3 Å². The molecule has 2 aliphatic heterocycles. The van der Waals surface area contributed by atoms with Gasteiger partial charge in [-0.15, -0.1) is 0 Å². The Morgan fingerprint density at radius 2 is 1.95 bits per heavy atom. The fourth-order valence-corrected chi connectivity index (χ4v) is 6.49. The van der Waals surface area contributed by atoms with Crippen molar-refractivity contribution in [3.8, 4) is 0 Å². The molecule has 11 nitrogen and oxygen atoms in total. The molecule has 13 heteroatoms. The summed E-state index contributed by atoms with van der Waals surface area (Å²) in [6.45, 7) is 5.16. The number of benzene rings is 1. The third-order valence-corrected chi connectivity index (χ3v) is 8.86. The zero-order chi connectivity index (χ0) is 28.9. The number of carbonyl (C=O) groups excluding carboxylic acids is 1. The second-order valence-electron chi connectivity index (χ2n) is 10.8. The van der Waals surface area contributed by atoms with E-state index in [1.165, 1.54) is 22.6 Å². The molecule has 0 aliphatic carbocycles. The van der Waals surface area contributed by atoms with Crippen molar-refractivity contribution in [1.29, 1.82) is 0 Å². The monoisotopic (exact) mass is 575 g/mol. The number of hydrogen-bond donors (Lipinski definition) is 3. The van der Waals surface area contributed by atoms with Crippen LogP contribution in [0.15, 0.2) is 53.7 Å². The molecule has 0 saturated carbocycles. The number of ether oxygens (including phenoxy) is 3. The minimum atomic E-state index is -4.09. The van der Waals surface area contributed by atoms with E-state index >= 15 is 0 Å². The molecule has 3 heterocycles. The largest absolute Gasteiger partial charge is 0.446 e. The lowest BCUT2D eigenvalue weighted by Crippen LogP contribution is -2.51. The molecular weight excluding hydrogens is 537 g/mol. The lowest BCUT2D eigenvalue weighted by atomic mass is 9.65. The van der Waals surface area contributed by atoms with Crippen molar-refractivity contribution in [2.24, 2.45) is 11.8 Å². The first kappa shape index (κ1) is 30.4. The molecule has 2 fully saturated rings. The maximum Gasteiger partial charge on any atom is 0.407 e. The lowest BCUT2D eigenvalue weighted by Gasteiger charge is -2.30. The van der Waals surface area contributed by atoms with E-state index in [0.29, 0.717) is 12.1 Å². The molecule has 0 bridgehead atoms. The van der Waals surface area contributed by atoms with Gasteiger partial charge < -0.3 is 29.7 Å². The highest BCUT2D eigenvalue weighted by molar-refractivity contribution is 7.89. The van der Waals surface area contributed by atoms with E-state index in [0.717, 1.165) is 12.0 Å². The van der Waals surface area contributed by atoms with Gasteiger partial charge in [0.05, 0.1) is 31.3 Å². The summed E-state index contributed by atoms with van der Waals surface area (Å²) in [7, 11) is -4.09. The SMILES string of the molecule is CB(O)c1ccc(S(=O)(=O)N(CC(C)C)C[C@@H](O)[C@H](Cc2ccccc2)NC(=O)OC2CO[C@H]3OCC[C@@H]23)nc1. The average molecular weight is 575 g/mol. The van der Waals surface area contributed by atoms with Gasteiger partial charge in [-0.3, -0.25) is 0 Å². The molecule has 2 saturated heterocycles. The molecular formula is C27H38BN3O8S. The van der Waals surface area contributed by atoms with Crippen molar-refractivity contribution in [2.45, 2.75) is 63.1 Å². The van der Waals surface area contributed by atoms with Gasteiger partial charge >= 0.3 is 13.0 Å². The van der Waals surface area contributed by atoms with Crippen molar-refractivity contribution >= 4 is 28.5 Å². The van der Waals surface area contributed by atoms with E-state index in [9.17, 15) is 23.3 Å². The van der Waals surface area contributed by atoms with Gasteiger partial charge in [0.2, 0.25) is 0 Å². The zero-order valence-corrected chi connectivity index (χ0v) is 23.9. The summed E-state index contributed by atoms with van der Waals surface area (Å²) >= 11 is 0. The standard InChI is InChI=1S/C27H38BN3O8S/c1-18(2)15-31(40(35,36)25-10-9-20(14-29-25)28(3)34)16-23(32)22(13-19-7-5-4-6-8-19)30-27(33)39-24-17-38-26-21(24)11-12-37-26/h4-10,14,18,21-24,26,32,34H,11-13,15-17H2,1-3H3,(H,30,33)/t21-,22-,23+,24?,26+/m0/s1. The number of aliphatic hydroxyl groups is 1. The number of rotatable bonds is 12. The Morgan fingerprint density at radius 3 is 2.60 bits per heavy atom. The summed E-state index contributed by atoms with van der Waals surface area (Å²) in [6, 6.07) is 11.3. The van der Waals surface area contributed by atoms with E-state index in [-0.39, 0.29) is 49.3 Å². The number of pyridine rings is 1. The first-order valence-corrected chi connectivity index (χ1v) is 15.0. The predicted molar refractivity (Wildman–Crippen MR) is 148 cm³/mol. The third kappa shape index (κ3) is 7.59. The Bertz CT molecular complexity index is 1220. The molecule has 0 spiro atoms. The summed E-state index contributed by atoms with van der Waals surface area (Å²) < 4.78 is 45.0. The van der Waals surface area contributed by atoms with E-state index in [2.05, 4.69) is 10.3 Å². The second kappa shape index (κ2) is 13.4. The van der Waals surface area contributed by atoms with Crippen LogP contribution in [0.4, 0.5) is 4.79 Å². The number of amides is 1. The summed E-state index contributed by atoms with van der Waals surface area (Å²) in [6.07, 6.45) is -0.506. The molecule has 40 heavy (non-hydrogen) atoms. The smallest absolute Gasteiger partial charge is 0.407 e. The average Bonchev–Trinajstić information content (AvgIpc) is 3.53. The van der Waals surface area contributed by atoms with E-state index < -0.39 is 41.3 Å². The third-order valence-electron chi connectivity index (χ3n) is 7.12. The Labute approximate surface area is 236 Å². The summed E-state index contributed by atoms with van der Waals surface area (Å²) in [5.41, 5.74) is 1.34. The predicted octanol–water partition coefficient (Wildman–Crippen LogP) is 1.01. The van der Waals surface area contributed by atoms with Crippen LogP contribution in [0.25, 0.3) is 0 Å². The van der Waals surface area contributed by atoms with Crippen LogP contribution in [-0.2, 0) is 30.7 Å². The number of carbonyl (C=O) groups is 1. The van der Waals surface area contributed by atoms with E-state index in [4.69, 9.17) is 14.2 Å². The van der Waals surface area contributed by atoms with Crippen LogP contribution in [-0.4, -0.2) is 91.7 Å². The molecule has 1 amide bonds. The Hall–Kier alpha value is -2.55. The van der Waals surface area contributed by atoms with Crippen LogP contribution in [0.3, 0.4) is 0 Å². The van der Waals surface area contributed by atoms with Gasteiger partial charge in [-0.1, -0.05) is 57.1 Å². The summed E-state index contributed by atoms with van der Waals surface area (Å²) in [5, 5.41) is 23.7. The number of fused-ring (bicyclic) bond motifs is 1. The van der Waals surface area contributed by atoms with Crippen LogP contribution < -0.4 is 10.8 Å².